The number of nitrogens with two attached hydrogens (primary N) is 1. The molecular weight excluding hydrogens is 236 g/mol. The van der Waals surface area contributed by atoms with Crippen molar-refractivity contribution in [2.75, 3.05) is 5.32 Å². The van der Waals surface area contributed by atoms with Crippen LogP contribution in [0.5, 0.6) is 0 Å². The smallest absolute Gasteiger partial charge is 0.227 e. The van der Waals surface area contributed by atoms with Crippen LogP contribution in [0.15, 0.2) is 24.3 Å². The van der Waals surface area contributed by atoms with Crippen LogP contribution in [0.2, 0.25) is 0 Å². The first kappa shape index (κ1) is 15.9. The highest BCUT2D eigenvalue weighted by molar-refractivity contribution is 5.92. The summed E-state index contributed by atoms with van der Waals surface area (Å²) in [5, 5.41) is 2.89. The Hall–Kier alpha value is -1.06. The number of hydrogen-bond acceptors (Lipinski definition) is 2. The minimum absolute atomic E-state index is 0. The number of halogens is 1. The molecule has 96 valence electrons. The third-order valence-corrected chi connectivity index (χ3v) is 2.87. The van der Waals surface area contributed by atoms with Crippen LogP contribution in [0, 0.1) is 11.8 Å². The van der Waals surface area contributed by atoms with Crippen LogP contribution in [0.4, 0.5) is 5.69 Å². The predicted molar refractivity (Wildman–Crippen MR) is 74.2 cm³/mol. The summed E-state index contributed by atoms with van der Waals surface area (Å²) in [7, 11) is 0. The maximum atomic E-state index is 11.8. The number of amides is 1. The molecule has 1 amide bonds. The Morgan fingerprint density at radius 2 is 1.76 bits per heavy atom. The second-order valence-electron chi connectivity index (χ2n) is 4.42. The lowest BCUT2D eigenvalue weighted by molar-refractivity contribution is -0.120. The van der Waals surface area contributed by atoms with Crippen LogP contribution in [0.25, 0.3) is 0 Å². The molecule has 1 aromatic carbocycles. The lowest BCUT2D eigenvalue weighted by Gasteiger charge is -2.15. The standard InChI is InChI=1S/C13H20N2O.ClH/c1-9(2)10(3)13(16)15-12-6-4-11(8-14)5-7-12;/h4-7,9-10H,8,14H2,1-3H3,(H,15,16);1H. The van der Waals surface area contributed by atoms with E-state index in [1.54, 1.807) is 0 Å². The summed E-state index contributed by atoms with van der Waals surface area (Å²) in [6.07, 6.45) is 0. The fourth-order valence-electron chi connectivity index (χ4n) is 1.28. The zero-order valence-electron chi connectivity index (χ0n) is 10.6. The third-order valence-electron chi connectivity index (χ3n) is 2.87. The molecule has 4 heteroatoms. The van der Waals surface area contributed by atoms with Gasteiger partial charge in [-0.25, -0.2) is 0 Å². The van der Waals surface area contributed by atoms with Gasteiger partial charge in [-0.15, -0.1) is 12.4 Å². The van der Waals surface area contributed by atoms with Crippen LogP contribution in [-0.2, 0) is 11.3 Å². The molecule has 0 saturated heterocycles. The van der Waals surface area contributed by atoms with Crippen molar-refractivity contribution < 1.29 is 4.79 Å². The van der Waals surface area contributed by atoms with Gasteiger partial charge in [0.15, 0.2) is 0 Å². The fraction of sp³-hybridized carbons (Fsp3) is 0.462. The normalized spacial score (nSPS) is 11.8. The van der Waals surface area contributed by atoms with E-state index in [4.69, 9.17) is 5.73 Å². The molecule has 0 aromatic heterocycles. The Balaban J connectivity index is 0.00000256. The minimum atomic E-state index is 0. The predicted octanol–water partition coefficient (Wildman–Crippen LogP) is 2.80. The van der Waals surface area contributed by atoms with Gasteiger partial charge in [-0.2, -0.15) is 0 Å². The molecule has 0 aliphatic heterocycles. The van der Waals surface area contributed by atoms with Gasteiger partial charge >= 0.3 is 0 Å². The van der Waals surface area contributed by atoms with Gasteiger partial charge in [0, 0.05) is 18.2 Å². The van der Waals surface area contributed by atoms with Crippen LogP contribution in [-0.4, -0.2) is 5.91 Å². The molecule has 0 bridgehead atoms. The topological polar surface area (TPSA) is 55.1 Å². The van der Waals surface area contributed by atoms with Gasteiger partial charge in [0.05, 0.1) is 0 Å². The number of carbonyl (C=O) groups is 1. The highest BCUT2D eigenvalue weighted by atomic mass is 35.5. The van der Waals surface area contributed by atoms with Gasteiger partial charge in [0.1, 0.15) is 0 Å². The van der Waals surface area contributed by atoms with Gasteiger partial charge in [-0.3, -0.25) is 4.79 Å². The summed E-state index contributed by atoms with van der Waals surface area (Å²) in [5.74, 6) is 0.438. The second-order valence-corrected chi connectivity index (χ2v) is 4.42. The molecule has 0 aliphatic carbocycles. The number of hydrogen-bond donors (Lipinski definition) is 2. The number of nitrogens with one attached hydrogen (secondary N) is 1. The molecule has 0 saturated carbocycles. The van der Waals surface area contributed by atoms with E-state index in [0.29, 0.717) is 12.5 Å². The van der Waals surface area contributed by atoms with Crippen molar-refractivity contribution in [2.24, 2.45) is 17.6 Å². The summed E-state index contributed by atoms with van der Waals surface area (Å²) in [6, 6.07) is 7.62. The van der Waals surface area contributed by atoms with E-state index in [1.807, 2.05) is 45.0 Å². The number of rotatable bonds is 4. The summed E-state index contributed by atoms with van der Waals surface area (Å²) in [5.41, 5.74) is 7.39. The molecule has 0 radical (unpaired) electrons. The molecule has 0 fully saturated rings. The summed E-state index contributed by atoms with van der Waals surface area (Å²) >= 11 is 0. The van der Waals surface area contributed by atoms with E-state index >= 15 is 0 Å². The zero-order chi connectivity index (χ0) is 12.1. The van der Waals surface area contributed by atoms with Crippen molar-refractivity contribution >= 4 is 24.0 Å². The Bertz CT molecular complexity index is 349. The third kappa shape index (κ3) is 4.75. The fourth-order valence-corrected chi connectivity index (χ4v) is 1.28. The lowest BCUT2D eigenvalue weighted by atomic mass is 9.97. The molecular formula is C13H21ClN2O. The molecule has 1 atom stereocenters. The van der Waals surface area contributed by atoms with Gasteiger partial charge in [-0.05, 0) is 23.6 Å². The van der Waals surface area contributed by atoms with Crippen LogP contribution < -0.4 is 11.1 Å². The highest BCUT2D eigenvalue weighted by Crippen LogP contribution is 2.14. The first-order chi connectivity index (χ1) is 7.54. The molecule has 0 aliphatic rings. The quantitative estimate of drug-likeness (QED) is 0.870. The zero-order valence-corrected chi connectivity index (χ0v) is 11.4. The first-order valence-corrected chi connectivity index (χ1v) is 5.64. The van der Waals surface area contributed by atoms with Gasteiger partial charge in [-0.1, -0.05) is 32.9 Å². The molecule has 0 spiro atoms. The van der Waals surface area contributed by atoms with Crippen LogP contribution in [0.3, 0.4) is 0 Å². The van der Waals surface area contributed by atoms with Crippen LogP contribution >= 0.6 is 12.4 Å². The minimum Gasteiger partial charge on any atom is -0.326 e. The molecule has 3 nitrogen and oxygen atoms in total. The first-order valence-electron chi connectivity index (χ1n) is 5.64. The second kappa shape index (κ2) is 7.30. The van der Waals surface area contributed by atoms with Crippen molar-refractivity contribution in [1.29, 1.82) is 0 Å². The summed E-state index contributed by atoms with van der Waals surface area (Å²) in [6.45, 7) is 6.55. The molecule has 17 heavy (non-hydrogen) atoms. The Labute approximate surface area is 109 Å². The number of carbonyl (C=O) groups excluding carboxylic acids is 1. The summed E-state index contributed by atoms with van der Waals surface area (Å²) < 4.78 is 0. The van der Waals surface area contributed by atoms with Crippen LogP contribution in [0.1, 0.15) is 26.3 Å². The molecule has 1 unspecified atom stereocenters. The van der Waals surface area contributed by atoms with E-state index in [2.05, 4.69) is 5.32 Å². The Morgan fingerprint density at radius 3 is 2.18 bits per heavy atom. The van der Waals surface area contributed by atoms with E-state index in [1.165, 1.54) is 0 Å². The van der Waals surface area contributed by atoms with E-state index in [9.17, 15) is 4.79 Å². The maximum absolute atomic E-state index is 11.8. The SMILES string of the molecule is CC(C)C(C)C(=O)Nc1ccc(CN)cc1.Cl. The number of benzene rings is 1. The average Bonchev–Trinajstić information content (AvgIpc) is 2.28. The summed E-state index contributed by atoms with van der Waals surface area (Å²) in [4.78, 5) is 11.8. The van der Waals surface area contributed by atoms with Gasteiger partial charge in [0.2, 0.25) is 5.91 Å². The molecule has 0 heterocycles. The highest BCUT2D eigenvalue weighted by Gasteiger charge is 2.16. The molecule has 1 aromatic rings. The van der Waals surface area contributed by atoms with E-state index in [0.717, 1.165) is 11.3 Å². The Kier molecular flexibility index (Phi) is 6.85. The average molecular weight is 257 g/mol. The molecule has 3 N–H and O–H groups in total. The number of anilines is 1. The van der Waals surface area contributed by atoms with Crippen molar-refractivity contribution in [2.45, 2.75) is 27.3 Å². The van der Waals surface area contributed by atoms with E-state index in [-0.39, 0.29) is 24.2 Å². The Morgan fingerprint density at radius 1 is 1.24 bits per heavy atom. The van der Waals surface area contributed by atoms with Crippen molar-refractivity contribution in [3.8, 4) is 0 Å². The van der Waals surface area contributed by atoms with Gasteiger partial charge < -0.3 is 11.1 Å². The monoisotopic (exact) mass is 256 g/mol. The molecule has 1 rings (SSSR count). The van der Waals surface area contributed by atoms with E-state index < -0.39 is 0 Å². The largest absolute Gasteiger partial charge is 0.326 e. The van der Waals surface area contributed by atoms with Crippen molar-refractivity contribution in [1.82, 2.24) is 0 Å². The maximum Gasteiger partial charge on any atom is 0.227 e. The van der Waals surface area contributed by atoms with Gasteiger partial charge in [0.25, 0.3) is 0 Å². The van der Waals surface area contributed by atoms with Crippen molar-refractivity contribution in [3.63, 3.8) is 0 Å². The van der Waals surface area contributed by atoms with Crippen molar-refractivity contribution in [3.05, 3.63) is 29.8 Å². The lowest BCUT2D eigenvalue weighted by Crippen LogP contribution is -2.24.